The SMILES string of the molecule is C[C@@H](Oc1ccnc(SCc2cccc(F)c2F)n1)[C@@H]1COC(C)(C)O1. The van der Waals surface area contributed by atoms with Gasteiger partial charge in [0.1, 0.15) is 12.2 Å². The minimum atomic E-state index is -0.864. The second-order valence-corrected chi connectivity index (χ2v) is 7.31. The predicted molar refractivity (Wildman–Crippen MR) is 92.9 cm³/mol. The van der Waals surface area contributed by atoms with E-state index in [1.165, 1.54) is 23.9 Å². The van der Waals surface area contributed by atoms with Crippen LogP contribution in [0.2, 0.25) is 0 Å². The minimum Gasteiger partial charge on any atom is -0.472 e. The highest BCUT2D eigenvalue weighted by Gasteiger charge is 2.36. The number of thioether (sulfide) groups is 1. The molecular formula is C18H20F2N2O3S. The Balaban J connectivity index is 1.60. The van der Waals surface area contributed by atoms with E-state index >= 15 is 0 Å². The molecule has 1 saturated heterocycles. The van der Waals surface area contributed by atoms with E-state index in [2.05, 4.69) is 9.97 Å². The van der Waals surface area contributed by atoms with Crippen LogP contribution in [0.25, 0.3) is 0 Å². The molecule has 2 atom stereocenters. The Morgan fingerprint density at radius 1 is 1.35 bits per heavy atom. The molecule has 1 aromatic heterocycles. The highest BCUT2D eigenvalue weighted by Crippen LogP contribution is 2.27. The van der Waals surface area contributed by atoms with E-state index in [1.807, 2.05) is 20.8 Å². The van der Waals surface area contributed by atoms with E-state index in [4.69, 9.17) is 14.2 Å². The van der Waals surface area contributed by atoms with Crippen molar-refractivity contribution in [2.75, 3.05) is 6.61 Å². The predicted octanol–water partition coefficient (Wildman–Crippen LogP) is 3.97. The van der Waals surface area contributed by atoms with Gasteiger partial charge >= 0.3 is 0 Å². The van der Waals surface area contributed by atoms with Gasteiger partial charge in [0, 0.05) is 23.6 Å². The Kier molecular flexibility index (Phi) is 5.74. The van der Waals surface area contributed by atoms with Gasteiger partial charge < -0.3 is 14.2 Å². The van der Waals surface area contributed by atoms with E-state index in [0.717, 1.165) is 6.07 Å². The average Bonchev–Trinajstić information content (AvgIpc) is 2.97. The third-order valence-electron chi connectivity index (χ3n) is 3.86. The molecule has 1 aromatic carbocycles. The average molecular weight is 382 g/mol. The van der Waals surface area contributed by atoms with Crippen molar-refractivity contribution < 1.29 is 23.0 Å². The first-order chi connectivity index (χ1) is 12.3. The largest absolute Gasteiger partial charge is 0.472 e. The van der Waals surface area contributed by atoms with Crippen LogP contribution in [0, 0.1) is 11.6 Å². The van der Waals surface area contributed by atoms with Crippen LogP contribution >= 0.6 is 11.8 Å². The van der Waals surface area contributed by atoms with Gasteiger partial charge in [-0.1, -0.05) is 23.9 Å². The number of hydrogen-bond acceptors (Lipinski definition) is 6. The maximum atomic E-state index is 13.7. The van der Waals surface area contributed by atoms with Gasteiger partial charge in [0.25, 0.3) is 0 Å². The Morgan fingerprint density at radius 3 is 2.88 bits per heavy atom. The van der Waals surface area contributed by atoms with Crippen molar-refractivity contribution in [1.82, 2.24) is 9.97 Å². The normalized spacial score (nSPS) is 20.1. The van der Waals surface area contributed by atoms with Gasteiger partial charge in [0.15, 0.2) is 22.6 Å². The van der Waals surface area contributed by atoms with E-state index < -0.39 is 17.4 Å². The second kappa shape index (κ2) is 7.85. The number of halogens is 2. The molecule has 3 rings (SSSR count). The molecule has 140 valence electrons. The summed E-state index contributed by atoms with van der Waals surface area (Å²) in [6.45, 7) is 6.03. The summed E-state index contributed by atoms with van der Waals surface area (Å²) < 4.78 is 44.1. The molecule has 0 amide bonds. The lowest BCUT2D eigenvalue weighted by Crippen LogP contribution is -2.33. The first-order valence-corrected chi connectivity index (χ1v) is 9.20. The van der Waals surface area contributed by atoms with Crippen LogP contribution in [0.3, 0.4) is 0 Å². The Hall–Kier alpha value is -1.77. The maximum absolute atomic E-state index is 13.7. The Morgan fingerprint density at radius 2 is 2.15 bits per heavy atom. The highest BCUT2D eigenvalue weighted by molar-refractivity contribution is 7.98. The summed E-state index contributed by atoms with van der Waals surface area (Å²) in [7, 11) is 0. The number of aromatic nitrogens is 2. The molecule has 0 N–H and O–H groups in total. The zero-order chi connectivity index (χ0) is 18.7. The van der Waals surface area contributed by atoms with E-state index in [1.54, 1.807) is 12.3 Å². The molecule has 1 aliphatic heterocycles. The van der Waals surface area contributed by atoms with Crippen molar-refractivity contribution in [3.63, 3.8) is 0 Å². The zero-order valence-electron chi connectivity index (χ0n) is 14.7. The van der Waals surface area contributed by atoms with Crippen molar-refractivity contribution in [2.24, 2.45) is 0 Å². The van der Waals surface area contributed by atoms with E-state index in [-0.39, 0.29) is 23.5 Å². The molecule has 1 fully saturated rings. The minimum absolute atomic E-state index is 0.197. The highest BCUT2D eigenvalue weighted by atomic mass is 32.2. The maximum Gasteiger partial charge on any atom is 0.217 e. The second-order valence-electron chi connectivity index (χ2n) is 6.37. The van der Waals surface area contributed by atoms with Gasteiger partial charge in [0.05, 0.1) is 6.61 Å². The standard InChI is InChI=1S/C18H20F2N2O3S/c1-11(14-9-23-18(2,3)25-14)24-15-7-8-21-17(22-15)26-10-12-5-4-6-13(19)16(12)20/h4-8,11,14H,9-10H2,1-3H3/t11-,14+/m1/s1. The van der Waals surface area contributed by atoms with Gasteiger partial charge in [-0.2, -0.15) is 4.98 Å². The van der Waals surface area contributed by atoms with Crippen LogP contribution in [0.5, 0.6) is 5.88 Å². The molecule has 26 heavy (non-hydrogen) atoms. The lowest BCUT2D eigenvalue weighted by atomic mass is 10.2. The summed E-state index contributed by atoms with van der Waals surface area (Å²) in [6, 6.07) is 5.74. The molecule has 0 spiro atoms. The third-order valence-corrected chi connectivity index (χ3v) is 4.77. The van der Waals surface area contributed by atoms with Crippen molar-refractivity contribution in [3.05, 3.63) is 47.7 Å². The van der Waals surface area contributed by atoms with Crippen LogP contribution < -0.4 is 4.74 Å². The molecule has 0 aliphatic carbocycles. The molecule has 2 aromatic rings. The molecule has 1 aliphatic rings. The van der Waals surface area contributed by atoms with Crippen LogP contribution in [0.15, 0.2) is 35.6 Å². The number of rotatable bonds is 6. The van der Waals surface area contributed by atoms with E-state index in [0.29, 0.717) is 17.6 Å². The lowest BCUT2D eigenvalue weighted by Gasteiger charge is -2.21. The smallest absolute Gasteiger partial charge is 0.217 e. The van der Waals surface area contributed by atoms with Crippen LogP contribution in [0.1, 0.15) is 26.3 Å². The van der Waals surface area contributed by atoms with Crippen LogP contribution in [-0.4, -0.2) is 34.6 Å². The fourth-order valence-corrected chi connectivity index (χ4v) is 3.27. The molecule has 2 heterocycles. The summed E-state index contributed by atoms with van der Waals surface area (Å²) in [5.41, 5.74) is 0.261. The van der Waals surface area contributed by atoms with Crippen molar-refractivity contribution in [1.29, 1.82) is 0 Å². The van der Waals surface area contributed by atoms with Gasteiger partial charge in [0.2, 0.25) is 5.88 Å². The van der Waals surface area contributed by atoms with Gasteiger partial charge in [-0.3, -0.25) is 0 Å². The molecule has 0 radical (unpaired) electrons. The van der Waals surface area contributed by atoms with Crippen molar-refractivity contribution >= 4 is 11.8 Å². The van der Waals surface area contributed by atoms with Gasteiger partial charge in [-0.15, -0.1) is 0 Å². The molecule has 8 heteroatoms. The van der Waals surface area contributed by atoms with Crippen LogP contribution in [0.4, 0.5) is 8.78 Å². The fraction of sp³-hybridized carbons (Fsp3) is 0.444. The molecule has 0 unspecified atom stereocenters. The summed E-state index contributed by atoms with van der Waals surface area (Å²) >= 11 is 1.20. The summed E-state index contributed by atoms with van der Waals surface area (Å²) in [5.74, 6) is -1.72. The number of benzene rings is 1. The quantitative estimate of drug-likeness (QED) is 0.557. The monoisotopic (exact) mass is 382 g/mol. The zero-order valence-corrected chi connectivity index (χ0v) is 15.6. The van der Waals surface area contributed by atoms with Crippen molar-refractivity contribution in [2.45, 2.75) is 49.7 Å². The summed E-state index contributed by atoms with van der Waals surface area (Å²) in [6.07, 6.45) is 1.11. The van der Waals surface area contributed by atoms with Crippen LogP contribution in [-0.2, 0) is 15.2 Å². The molecule has 0 bridgehead atoms. The molecule has 0 saturated carbocycles. The number of ether oxygens (including phenoxy) is 3. The van der Waals surface area contributed by atoms with Gasteiger partial charge in [-0.05, 0) is 26.8 Å². The Labute approximate surface area is 155 Å². The molecular weight excluding hydrogens is 362 g/mol. The van der Waals surface area contributed by atoms with E-state index in [9.17, 15) is 8.78 Å². The topological polar surface area (TPSA) is 53.5 Å². The number of nitrogens with zero attached hydrogens (tertiary/aromatic N) is 2. The summed E-state index contributed by atoms with van der Waals surface area (Å²) in [5, 5.41) is 0.419. The summed E-state index contributed by atoms with van der Waals surface area (Å²) in [4.78, 5) is 8.44. The van der Waals surface area contributed by atoms with Crippen molar-refractivity contribution in [3.8, 4) is 5.88 Å². The third kappa shape index (κ3) is 4.69. The molecule has 5 nitrogen and oxygen atoms in total. The Bertz CT molecular complexity index is 776. The first kappa shape index (κ1) is 19.0. The number of hydrogen-bond donors (Lipinski definition) is 0. The lowest BCUT2D eigenvalue weighted by molar-refractivity contribution is -0.147. The van der Waals surface area contributed by atoms with Gasteiger partial charge in [-0.25, -0.2) is 13.8 Å². The first-order valence-electron chi connectivity index (χ1n) is 8.21. The fourth-order valence-electron chi connectivity index (χ4n) is 2.48.